The Bertz CT molecular complexity index is 526. The van der Waals surface area contributed by atoms with Gasteiger partial charge in [-0.25, -0.2) is 4.52 Å². The molecule has 0 saturated heterocycles. The van der Waals surface area contributed by atoms with Gasteiger partial charge in [0.15, 0.2) is 5.65 Å². The number of terminal acetylenes is 1. The largest absolute Gasteiger partial charge is 0.353 e. The Balaban J connectivity index is 2.06. The van der Waals surface area contributed by atoms with Crippen molar-refractivity contribution in [3.05, 3.63) is 22.8 Å². The van der Waals surface area contributed by atoms with Crippen LogP contribution >= 0.6 is 15.9 Å². The number of pyridine rings is 1. The maximum absolute atomic E-state index is 5.17. The number of hydrogen-bond acceptors (Lipinski definition) is 3. The van der Waals surface area contributed by atoms with Gasteiger partial charge in [0.25, 0.3) is 0 Å². The van der Waals surface area contributed by atoms with E-state index < -0.39 is 0 Å². The standard InChI is InChI=1S/C11H11BrN4/c1-2-3-4-7-13-11-14-10-6-5-9(12)8-16(10)15-11/h1,5-6,8H,3-4,7H2,(H,13,15). The number of rotatable bonds is 4. The minimum absolute atomic E-state index is 0.634. The number of nitrogens with zero attached hydrogens (tertiary/aromatic N) is 3. The number of hydrogen-bond donors (Lipinski definition) is 1. The molecule has 0 radical (unpaired) electrons. The number of fused-ring (bicyclic) bond motifs is 1. The van der Waals surface area contributed by atoms with E-state index in [1.165, 1.54) is 0 Å². The molecule has 0 fully saturated rings. The van der Waals surface area contributed by atoms with Crippen LogP contribution in [0.4, 0.5) is 5.95 Å². The summed E-state index contributed by atoms with van der Waals surface area (Å²) in [5.41, 5.74) is 0.822. The molecule has 4 nitrogen and oxygen atoms in total. The van der Waals surface area contributed by atoms with Crippen molar-refractivity contribution >= 4 is 27.5 Å². The second-order valence-electron chi connectivity index (χ2n) is 3.32. The predicted octanol–water partition coefficient (Wildman–Crippen LogP) is 2.32. The van der Waals surface area contributed by atoms with Crippen LogP contribution < -0.4 is 5.32 Å². The van der Waals surface area contributed by atoms with E-state index in [0.29, 0.717) is 5.95 Å². The molecule has 0 amide bonds. The summed E-state index contributed by atoms with van der Waals surface area (Å²) >= 11 is 3.38. The van der Waals surface area contributed by atoms with Gasteiger partial charge in [-0.2, -0.15) is 4.98 Å². The number of halogens is 1. The first-order valence-corrected chi connectivity index (χ1v) is 5.78. The van der Waals surface area contributed by atoms with Crippen LogP contribution in [0.2, 0.25) is 0 Å². The van der Waals surface area contributed by atoms with Gasteiger partial charge in [0.05, 0.1) is 0 Å². The average Bonchev–Trinajstić information content (AvgIpc) is 2.66. The first kappa shape index (κ1) is 11.0. The van der Waals surface area contributed by atoms with Gasteiger partial charge < -0.3 is 5.32 Å². The normalized spacial score (nSPS) is 10.2. The Morgan fingerprint density at radius 3 is 3.19 bits per heavy atom. The number of unbranched alkanes of at least 4 members (excludes halogenated alkanes) is 1. The van der Waals surface area contributed by atoms with Gasteiger partial charge in [0.2, 0.25) is 5.95 Å². The van der Waals surface area contributed by atoms with Gasteiger partial charge >= 0.3 is 0 Å². The summed E-state index contributed by atoms with van der Waals surface area (Å²) in [5.74, 6) is 3.23. The molecule has 0 spiro atoms. The second-order valence-corrected chi connectivity index (χ2v) is 4.24. The zero-order valence-electron chi connectivity index (χ0n) is 8.65. The highest BCUT2D eigenvalue weighted by Gasteiger charge is 2.02. The van der Waals surface area contributed by atoms with Gasteiger partial charge in [0, 0.05) is 23.6 Å². The fourth-order valence-electron chi connectivity index (χ4n) is 1.32. The minimum atomic E-state index is 0.634. The molecule has 0 saturated carbocycles. The summed E-state index contributed by atoms with van der Waals surface area (Å²) in [7, 11) is 0. The number of anilines is 1. The van der Waals surface area contributed by atoms with E-state index in [2.05, 4.69) is 37.2 Å². The van der Waals surface area contributed by atoms with Crippen LogP contribution in [0.25, 0.3) is 5.65 Å². The lowest BCUT2D eigenvalue weighted by atomic mass is 10.3. The molecule has 0 aliphatic rings. The van der Waals surface area contributed by atoms with Crippen LogP contribution in [0.1, 0.15) is 12.8 Å². The van der Waals surface area contributed by atoms with Crippen molar-refractivity contribution < 1.29 is 0 Å². The number of nitrogens with one attached hydrogen (secondary N) is 1. The summed E-state index contributed by atoms with van der Waals surface area (Å²) in [6.45, 7) is 0.794. The minimum Gasteiger partial charge on any atom is -0.353 e. The highest BCUT2D eigenvalue weighted by molar-refractivity contribution is 9.10. The smallest absolute Gasteiger partial charge is 0.243 e. The van der Waals surface area contributed by atoms with Crippen molar-refractivity contribution in [1.29, 1.82) is 0 Å². The quantitative estimate of drug-likeness (QED) is 0.690. The number of aromatic nitrogens is 3. The van der Waals surface area contributed by atoms with Gasteiger partial charge in [-0.05, 0) is 34.5 Å². The lowest BCUT2D eigenvalue weighted by molar-refractivity contribution is 0.883. The molecular weight excluding hydrogens is 268 g/mol. The highest BCUT2D eigenvalue weighted by Crippen LogP contribution is 2.12. The molecule has 2 rings (SSSR count). The van der Waals surface area contributed by atoms with Crippen molar-refractivity contribution in [2.75, 3.05) is 11.9 Å². The fourth-order valence-corrected chi connectivity index (χ4v) is 1.65. The molecule has 2 heterocycles. The maximum atomic E-state index is 5.17. The van der Waals surface area contributed by atoms with Crippen LogP contribution in [-0.2, 0) is 0 Å². The first-order valence-electron chi connectivity index (χ1n) is 4.99. The van der Waals surface area contributed by atoms with E-state index in [-0.39, 0.29) is 0 Å². The highest BCUT2D eigenvalue weighted by atomic mass is 79.9. The van der Waals surface area contributed by atoms with E-state index >= 15 is 0 Å². The van der Waals surface area contributed by atoms with E-state index in [0.717, 1.165) is 29.5 Å². The lowest BCUT2D eigenvalue weighted by Crippen LogP contribution is -2.02. The summed E-state index contributed by atoms with van der Waals surface area (Å²) in [6.07, 6.45) is 8.73. The molecule has 0 atom stereocenters. The fraction of sp³-hybridized carbons (Fsp3) is 0.273. The van der Waals surface area contributed by atoms with Gasteiger partial charge in [-0.15, -0.1) is 17.4 Å². The van der Waals surface area contributed by atoms with Crippen molar-refractivity contribution in [2.24, 2.45) is 0 Å². The summed E-state index contributed by atoms with van der Waals surface area (Å²) < 4.78 is 2.71. The van der Waals surface area contributed by atoms with E-state index in [9.17, 15) is 0 Å². The third-order valence-corrected chi connectivity index (χ3v) is 2.54. The molecule has 1 N–H and O–H groups in total. The Hall–Kier alpha value is -1.54. The maximum Gasteiger partial charge on any atom is 0.243 e. The Morgan fingerprint density at radius 2 is 2.38 bits per heavy atom. The SMILES string of the molecule is C#CCCCNc1nc2ccc(Br)cn2n1. The van der Waals surface area contributed by atoms with Crippen molar-refractivity contribution in [3.63, 3.8) is 0 Å². The van der Waals surface area contributed by atoms with Gasteiger partial charge in [-0.1, -0.05) is 0 Å². The molecule has 16 heavy (non-hydrogen) atoms. The molecule has 5 heteroatoms. The molecule has 2 aromatic rings. The molecule has 2 aromatic heterocycles. The summed E-state index contributed by atoms with van der Waals surface area (Å²) in [4.78, 5) is 4.32. The zero-order valence-corrected chi connectivity index (χ0v) is 10.2. The van der Waals surface area contributed by atoms with Crippen LogP contribution in [0.5, 0.6) is 0 Å². The average molecular weight is 279 g/mol. The van der Waals surface area contributed by atoms with Crippen LogP contribution in [0, 0.1) is 12.3 Å². The first-order chi connectivity index (χ1) is 7.79. The second kappa shape index (κ2) is 4.99. The predicted molar refractivity (Wildman–Crippen MR) is 67.2 cm³/mol. The molecule has 0 aliphatic heterocycles. The molecular formula is C11H11BrN4. The zero-order chi connectivity index (χ0) is 11.4. The van der Waals surface area contributed by atoms with Crippen LogP contribution in [-0.4, -0.2) is 21.1 Å². The van der Waals surface area contributed by atoms with Crippen molar-refractivity contribution in [2.45, 2.75) is 12.8 Å². The van der Waals surface area contributed by atoms with E-state index in [1.807, 2.05) is 18.3 Å². The van der Waals surface area contributed by atoms with E-state index in [1.54, 1.807) is 4.52 Å². The Labute approximate surface area is 102 Å². The van der Waals surface area contributed by atoms with E-state index in [4.69, 9.17) is 6.42 Å². The third kappa shape index (κ3) is 2.52. The van der Waals surface area contributed by atoms with Gasteiger partial charge in [-0.3, -0.25) is 0 Å². The Kier molecular flexibility index (Phi) is 3.42. The third-order valence-electron chi connectivity index (χ3n) is 2.08. The van der Waals surface area contributed by atoms with Crippen LogP contribution in [0.15, 0.2) is 22.8 Å². The Morgan fingerprint density at radius 1 is 1.50 bits per heavy atom. The van der Waals surface area contributed by atoms with Crippen molar-refractivity contribution in [1.82, 2.24) is 14.6 Å². The summed E-state index contributed by atoms with van der Waals surface area (Å²) in [6, 6.07) is 3.84. The topological polar surface area (TPSA) is 42.2 Å². The molecule has 0 aromatic carbocycles. The van der Waals surface area contributed by atoms with Gasteiger partial charge in [0.1, 0.15) is 0 Å². The molecule has 0 aliphatic carbocycles. The van der Waals surface area contributed by atoms with Crippen molar-refractivity contribution in [3.8, 4) is 12.3 Å². The molecule has 0 unspecified atom stereocenters. The summed E-state index contributed by atoms with van der Waals surface area (Å²) in [5, 5.41) is 7.42. The lowest BCUT2D eigenvalue weighted by Gasteiger charge is -1.97. The monoisotopic (exact) mass is 278 g/mol. The molecule has 82 valence electrons. The molecule has 0 bridgehead atoms. The van der Waals surface area contributed by atoms with Crippen LogP contribution in [0.3, 0.4) is 0 Å².